The van der Waals surface area contributed by atoms with E-state index in [0.29, 0.717) is 18.0 Å². The molecule has 2 aromatic carbocycles. The Hall–Kier alpha value is -4.42. The van der Waals surface area contributed by atoms with Crippen LogP contribution in [0.25, 0.3) is 33.8 Å². The first-order chi connectivity index (χ1) is 26.3. The Morgan fingerprint density at radius 3 is 2.35 bits per heavy atom. The summed E-state index contributed by atoms with van der Waals surface area (Å²) in [6.07, 6.45) is 11.6. The van der Waals surface area contributed by atoms with Crippen molar-refractivity contribution in [2.75, 3.05) is 33.0 Å². The van der Waals surface area contributed by atoms with E-state index in [4.69, 9.17) is 9.84 Å². The number of rotatable bonds is 9. The number of likely N-dealkylation sites (tertiary alicyclic amines) is 1. The van der Waals surface area contributed by atoms with Gasteiger partial charge in [0, 0.05) is 53.2 Å². The monoisotopic (exact) mass is 766 g/mol. The number of ether oxygens (including phenoxy) is 1. The Balaban J connectivity index is 1.33. The summed E-state index contributed by atoms with van der Waals surface area (Å²) in [5.74, 6) is 0.184. The summed E-state index contributed by atoms with van der Waals surface area (Å²) in [4.78, 5) is 32.9. The lowest BCUT2D eigenvalue weighted by atomic mass is 9.81. The van der Waals surface area contributed by atoms with Crippen molar-refractivity contribution in [3.8, 4) is 17.0 Å². The number of carbonyl (C=O) groups is 2. The highest BCUT2D eigenvalue weighted by atomic mass is 32.2. The van der Waals surface area contributed by atoms with E-state index < -0.39 is 15.9 Å². The maximum Gasteiger partial charge on any atom is 0.264 e. The number of nitrogens with zero attached hydrogens (tertiary/aromatic N) is 5. The highest BCUT2D eigenvalue weighted by molar-refractivity contribution is 7.90. The number of hydrogen-bond acceptors (Lipinski definition) is 7. The molecule has 8 rings (SSSR count). The first kappa shape index (κ1) is 37.5. The first-order valence-electron chi connectivity index (χ1n) is 20.0. The first-order valence-corrected chi connectivity index (χ1v) is 21.7. The lowest BCUT2D eigenvalue weighted by molar-refractivity contribution is 0.0472. The third-order valence-electron chi connectivity index (χ3n) is 12.1. The smallest absolute Gasteiger partial charge is 0.264 e. The minimum atomic E-state index is -3.82. The van der Waals surface area contributed by atoms with Crippen molar-refractivity contribution in [2.24, 2.45) is 5.92 Å². The number of fused-ring (bicyclic) bond motifs is 7. The van der Waals surface area contributed by atoms with Gasteiger partial charge in [0.05, 0.1) is 42.6 Å². The van der Waals surface area contributed by atoms with Crippen LogP contribution in [0.3, 0.4) is 0 Å². The molecule has 3 aliphatic heterocycles. The normalized spacial score (nSPS) is 20.4. The van der Waals surface area contributed by atoms with Crippen molar-refractivity contribution in [2.45, 2.75) is 103 Å². The lowest BCUT2D eigenvalue weighted by Gasteiger charge is -2.39. The summed E-state index contributed by atoms with van der Waals surface area (Å²) in [5.41, 5.74) is 7.88. The van der Waals surface area contributed by atoms with Crippen LogP contribution in [0.5, 0.6) is 5.75 Å². The summed E-state index contributed by atoms with van der Waals surface area (Å²) >= 11 is 0. The van der Waals surface area contributed by atoms with Crippen LogP contribution in [0.1, 0.15) is 122 Å². The zero-order chi connectivity index (χ0) is 38.8. The second-order valence-electron chi connectivity index (χ2n) is 16.9. The third-order valence-corrected chi connectivity index (χ3v) is 13.7. The highest BCUT2D eigenvalue weighted by Crippen LogP contribution is 2.48. The van der Waals surface area contributed by atoms with E-state index in [-0.39, 0.29) is 41.3 Å². The van der Waals surface area contributed by atoms with Gasteiger partial charge >= 0.3 is 0 Å². The van der Waals surface area contributed by atoms with Crippen molar-refractivity contribution in [3.05, 3.63) is 70.5 Å². The number of carbonyl (C=O) groups excluding carboxylic acids is 2. The third kappa shape index (κ3) is 6.90. The van der Waals surface area contributed by atoms with E-state index in [0.717, 1.165) is 96.4 Å². The van der Waals surface area contributed by atoms with Crippen molar-refractivity contribution in [1.29, 1.82) is 0 Å². The number of likely N-dealkylation sites (N-methyl/N-ethyl adjacent to an activating group) is 1. The average Bonchev–Trinajstić information content (AvgIpc) is 3.77. The van der Waals surface area contributed by atoms with Gasteiger partial charge in [0.2, 0.25) is 10.0 Å². The molecule has 1 N–H and O–H groups in total. The number of hydrogen-bond donors (Lipinski definition) is 1. The molecule has 1 aliphatic carbocycles. The van der Waals surface area contributed by atoms with Gasteiger partial charge in [-0.15, -0.1) is 0 Å². The van der Waals surface area contributed by atoms with Gasteiger partial charge in [0.25, 0.3) is 11.8 Å². The van der Waals surface area contributed by atoms with Crippen LogP contribution >= 0.6 is 0 Å². The van der Waals surface area contributed by atoms with Gasteiger partial charge in [0.1, 0.15) is 5.75 Å². The average molecular weight is 767 g/mol. The summed E-state index contributed by atoms with van der Waals surface area (Å²) in [6, 6.07) is 12.2. The van der Waals surface area contributed by atoms with Crippen LogP contribution in [0.4, 0.5) is 0 Å². The number of amides is 2. The zero-order valence-corrected chi connectivity index (χ0v) is 33.8. The molecule has 1 saturated carbocycles. The molecule has 2 saturated heterocycles. The summed E-state index contributed by atoms with van der Waals surface area (Å²) in [6.45, 7) is 9.96. The number of allylic oxidation sites excluding steroid dienone is 1. The van der Waals surface area contributed by atoms with Gasteiger partial charge in [-0.2, -0.15) is 5.10 Å². The number of sulfonamides is 1. The molecule has 2 atom stereocenters. The molecule has 55 heavy (non-hydrogen) atoms. The van der Waals surface area contributed by atoms with E-state index in [1.165, 1.54) is 12.0 Å². The lowest BCUT2D eigenvalue weighted by Crippen LogP contribution is -2.54. The Labute approximate surface area is 324 Å². The molecule has 4 aromatic rings. The fourth-order valence-electron chi connectivity index (χ4n) is 9.82. The summed E-state index contributed by atoms with van der Waals surface area (Å²) in [5, 5.41) is 5.94. The number of aromatic nitrogens is 3. The zero-order valence-electron chi connectivity index (χ0n) is 33.0. The van der Waals surface area contributed by atoms with E-state index in [1.54, 1.807) is 19.4 Å². The molecule has 3 fully saturated rings. The predicted molar refractivity (Wildman–Crippen MR) is 217 cm³/mol. The van der Waals surface area contributed by atoms with Crippen molar-refractivity contribution >= 4 is 44.4 Å². The maximum atomic E-state index is 14.8. The molecule has 292 valence electrons. The fourth-order valence-corrected chi connectivity index (χ4v) is 11.2. The molecule has 0 radical (unpaired) electrons. The topological polar surface area (TPSA) is 119 Å². The second kappa shape index (κ2) is 14.6. The van der Waals surface area contributed by atoms with E-state index in [1.807, 2.05) is 36.7 Å². The fraction of sp³-hybridized carbons (Fsp3) is 0.512. The molecule has 2 amide bonds. The van der Waals surface area contributed by atoms with Gasteiger partial charge in [-0.3, -0.25) is 14.3 Å². The van der Waals surface area contributed by atoms with Gasteiger partial charge in [0.15, 0.2) is 0 Å². The molecular weight excluding hydrogens is 713 g/mol. The summed E-state index contributed by atoms with van der Waals surface area (Å²) in [7, 11) is -0.00554. The molecule has 2 bridgehead atoms. The molecule has 0 unspecified atom stereocenters. The Kier molecular flexibility index (Phi) is 9.94. The molecule has 4 aliphatic rings. The van der Waals surface area contributed by atoms with Crippen LogP contribution in [0.15, 0.2) is 42.6 Å². The van der Waals surface area contributed by atoms with Crippen molar-refractivity contribution in [1.82, 2.24) is 28.9 Å². The summed E-state index contributed by atoms with van der Waals surface area (Å²) < 4.78 is 38.2. The highest BCUT2D eigenvalue weighted by Gasteiger charge is 2.43. The number of methoxy groups -OCH3 is 1. The van der Waals surface area contributed by atoms with Gasteiger partial charge in [-0.1, -0.05) is 39.2 Å². The molecule has 0 spiro atoms. The van der Waals surface area contributed by atoms with Crippen LogP contribution in [-0.4, -0.2) is 89.5 Å². The van der Waals surface area contributed by atoms with Crippen LogP contribution < -0.4 is 9.46 Å². The molecule has 11 nitrogen and oxygen atoms in total. The van der Waals surface area contributed by atoms with Crippen LogP contribution in [0.2, 0.25) is 0 Å². The Morgan fingerprint density at radius 2 is 1.67 bits per heavy atom. The quantitative estimate of drug-likeness (QED) is 0.190. The van der Waals surface area contributed by atoms with Gasteiger partial charge in [-0.25, -0.2) is 13.1 Å². The van der Waals surface area contributed by atoms with Crippen molar-refractivity contribution < 1.29 is 22.7 Å². The Bertz CT molecular complexity index is 2280. The number of nitrogens with one attached hydrogen (secondary N) is 1. The van der Waals surface area contributed by atoms with Gasteiger partial charge in [-0.05, 0) is 112 Å². The van der Waals surface area contributed by atoms with E-state index in [2.05, 4.69) is 58.2 Å². The standard InChI is InChI=1S/C43H54N6O5S/c1-26(2)25-55(52,53)45-42(50)29-12-16-36-38(20-29)47-22-31(18-30-19-34(54-6)15-17-35(30)41(47)39(36)28-10-8-7-9-11-28)40-37(21-44-49(40)27(3)4)43(51)48-32-13-14-33(48)24-46(5)23-32/h12,15-21,26-28,32-33H,7-11,13-14,22-25H2,1-6H3,(H,45,50)/t32-,33-/m1/s1. The second-order valence-corrected chi connectivity index (χ2v) is 18.7. The molecule has 2 aromatic heterocycles. The molecule has 12 heteroatoms. The van der Waals surface area contributed by atoms with E-state index >= 15 is 0 Å². The Morgan fingerprint density at radius 1 is 0.945 bits per heavy atom. The SMILES string of the molecule is COc1ccc2c(c1)C=C(c1c(C(=O)N3[C@@H]4CC[C@@H]3CN(C)C4)cnn1C(C)C)Cn1c-2c(C2CCCCC2)c2ccc(C(=O)NS(=O)(=O)CC(C)C)cc21. The van der Waals surface area contributed by atoms with Crippen LogP contribution in [-0.2, 0) is 16.6 Å². The number of benzene rings is 2. The van der Waals surface area contributed by atoms with Crippen LogP contribution in [0, 0.1) is 5.92 Å². The predicted octanol–water partition coefficient (Wildman–Crippen LogP) is 7.33. The van der Waals surface area contributed by atoms with E-state index in [9.17, 15) is 18.0 Å². The minimum Gasteiger partial charge on any atom is -0.497 e. The van der Waals surface area contributed by atoms with Gasteiger partial charge < -0.3 is 19.1 Å². The largest absolute Gasteiger partial charge is 0.497 e. The van der Waals surface area contributed by atoms with Crippen molar-refractivity contribution in [3.63, 3.8) is 0 Å². The molecule has 5 heterocycles. The number of piperazine rings is 1. The minimum absolute atomic E-state index is 0.0172. The molecular formula is C43H54N6O5S. The maximum absolute atomic E-state index is 14.8.